The number of hydrogen-bond acceptors (Lipinski definition) is 2. The second-order valence-electron chi connectivity index (χ2n) is 4.56. The molecule has 6 heteroatoms. The number of carboxylic acids is 1. The SMILES string of the molecule is O=C(O)CC(=O)N(Cc1ccc(F)cc1F)C1CC1. The van der Waals surface area contributed by atoms with Crippen molar-refractivity contribution < 1.29 is 23.5 Å². The second-order valence-corrected chi connectivity index (χ2v) is 4.56. The van der Waals surface area contributed by atoms with Gasteiger partial charge in [-0.15, -0.1) is 0 Å². The Morgan fingerprint density at radius 2 is 2.00 bits per heavy atom. The van der Waals surface area contributed by atoms with Crippen LogP contribution in [0.5, 0.6) is 0 Å². The van der Waals surface area contributed by atoms with Gasteiger partial charge in [-0.25, -0.2) is 8.78 Å². The summed E-state index contributed by atoms with van der Waals surface area (Å²) in [6.45, 7) is -0.0249. The highest BCUT2D eigenvalue weighted by Gasteiger charge is 2.33. The lowest BCUT2D eigenvalue weighted by Crippen LogP contribution is -2.34. The molecule has 0 spiro atoms. The molecule has 0 aromatic heterocycles. The van der Waals surface area contributed by atoms with Crippen LogP contribution in [0.2, 0.25) is 0 Å². The molecule has 1 saturated carbocycles. The van der Waals surface area contributed by atoms with E-state index in [1.165, 1.54) is 11.0 Å². The van der Waals surface area contributed by atoms with Crippen molar-refractivity contribution in [2.24, 2.45) is 0 Å². The Bertz CT molecular complexity index is 515. The molecular formula is C13H13F2NO3. The van der Waals surface area contributed by atoms with Crippen molar-refractivity contribution in [1.82, 2.24) is 4.90 Å². The summed E-state index contributed by atoms with van der Waals surface area (Å²) in [6, 6.07) is 3.11. The third-order valence-corrected chi connectivity index (χ3v) is 2.97. The summed E-state index contributed by atoms with van der Waals surface area (Å²) in [4.78, 5) is 23.7. The van der Waals surface area contributed by atoms with Gasteiger partial charge >= 0.3 is 5.97 Å². The largest absolute Gasteiger partial charge is 0.481 e. The average molecular weight is 269 g/mol. The van der Waals surface area contributed by atoms with Gasteiger partial charge in [0.1, 0.15) is 18.1 Å². The van der Waals surface area contributed by atoms with Crippen LogP contribution in [0.15, 0.2) is 18.2 Å². The molecule has 1 aromatic carbocycles. The predicted octanol–water partition coefficient (Wildman–Crippen LogP) is 1.93. The molecule has 1 aromatic rings. The first-order valence-electron chi connectivity index (χ1n) is 5.92. The number of carbonyl (C=O) groups excluding carboxylic acids is 1. The van der Waals surface area contributed by atoms with Crippen LogP contribution in [0.25, 0.3) is 0 Å². The van der Waals surface area contributed by atoms with Gasteiger partial charge in [0.15, 0.2) is 0 Å². The van der Waals surface area contributed by atoms with Crippen LogP contribution >= 0.6 is 0 Å². The molecule has 19 heavy (non-hydrogen) atoms. The number of nitrogens with zero attached hydrogens (tertiary/aromatic N) is 1. The topological polar surface area (TPSA) is 57.6 Å². The quantitative estimate of drug-likeness (QED) is 0.831. The van der Waals surface area contributed by atoms with Crippen molar-refractivity contribution in [2.45, 2.75) is 31.8 Å². The number of halogens is 2. The molecule has 1 N–H and O–H groups in total. The molecule has 1 aliphatic rings. The van der Waals surface area contributed by atoms with E-state index in [-0.39, 0.29) is 18.2 Å². The van der Waals surface area contributed by atoms with E-state index in [1.807, 2.05) is 0 Å². The molecule has 1 amide bonds. The first kappa shape index (κ1) is 13.5. The highest BCUT2D eigenvalue weighted by Crippen LogP contribution is 2.29. The highest BCUT2D eigenvalue weighted by atomic mass is 19.1. The van der Waals surface area contributed by atoms with E-state index in [1.54, 1.807) is 0 Å². The molecule has 1 aliphatic carbocycles. The Kier molecular flexibility index (Phi) is 3.78. The third-order valence-electron chi connectivity index (χ3n) is 2.97. The maximum Gasteiger partial charge on any atom is 0.312 e. The van der Waals surface area contributed by atoms with Gasteiger partial charge in [-0.3, -0.25) is 9.59 Å². The number of carboxylic acid groups (broad SMARTS) is 1. The van der Waals surface area contributed by atoms with E-state index in [4.69, 9.17) is 5.11 Å². The van der Waals surface area contributed by atoms with Crippen LogP contribution in [0.3, 0.4) is 0 Å². The van der Waals surface area contributed by atoms with Crippen LogP contribution in [0.1, 0.15) is 24.8 Å². The van der Waals surface area contributed by atoms with Crippen LogP contribution in [-0.2, 0) is 16.1 Å². The van der Waals surface area contributed by atoms with Gasteiger partial charge < -0.3 is 10.0 Å². The fraction of sp³-hybridized carbons (Fsp3) is 0.385. The summed E-state index contributed by atoms with van der Waals surface area (Å²) in [5.74, 6) is -3.17. The van der Waals surface area contributed by atoms with Gasteiger partial charge in [0, 0.05) is 24.2 Å². The average Bonchev–Trinajstić information content (AvgIpc) is 3.10. The van der Waals surface area contributed by atoms with Crippen molar-refractivity contribution in [3.05, 3.63) is 35.4 Å². The lowest BCUT2D eigenvalue weighted by atomic mass is 10.2. The molecule has 0 radical (unpaired) electrons. The second kappa shape index (κ2) is 5.34. The molecule has 2 rings (SSSR count). The predicted molar refractivity (Wildman–Crippen MR) is 62.2 cm³/mol. The summed E-state index contributed by atoms with van der Waals surface area (Å²) < 4.78 is 26.3. The monoisotopic (exact) mass is 269 g/mol. The van der Waals surface area contributed by atoms with E-state index in [9.17, 15) is 18.4 Å². The van der Waals surface area contributed by atoms with Gasteiger partial charge in [-0.1, -0.05) is 6.07 Å². The Labute approximate surface area is 108 Å². The minimum Gasteiger partial charge on any atom is -0.481 e. The van der Waals surface area contributed by atoms with E-state index in [2.05, 4.69) is 0 Å². The fourth-order valence-corrected chi connectivity index (χ4v) is 1.87. The molecule has 0 heterocycles. The van der Waals surface area contributed by atoms with E-state index < -0.39 is 29.9 Å². The zero-order valence-electron chi connectivity index (χ0n) is 10.1. The molecule has 0 aliphatic heterocycles. The number of hydrogen-bond donors (Lipinski definition) is 1. The lowest BCUT2D eigenvalue weighted by Gasteiger charge is -2.22. The summed E-state index contributed by atoms with van der Waals surface area (Å²) in [7, 11) is 0. The molecule has 4 nitrogen and oxygen atoms in total. The van der Waals surface area contributed by atoms with Crippen LogP contribution in [0, 0.1) is 11.6 Å². The van der Waals surface area contributed by atoms with Crippen molar-refractivity contribution in [1.29, 1.82) is 0 Å². The lowest BCUT2D eigenvalue weighted by molar-refractivity contribution is -0.144. The van der Waals surface area contributed by atoms with Crippen molar-refractivity contribution in [3.8, 4) is 0 Å². The number of amides is 1. The third kappa shape index (κ3) is 3.49. The van der Waals surface area contributed by atoms with Crippen LogP contribution in [0.4, 0.5) is 8.78 Å². The smallest absolute Gasteiger partial charge is 0.312 e. The first-order valence-corrected chi connectivity index (χ1v) is 5.92. The highest BCUT2D eigenvalue weighted by molar-refractivity contribution is 5.93. The summed E-state index contributed by atoms with van der Waals surface area (Å²) in [6.07, 6.45) is 0.960. The Hall–Kier alpha value is -1.98. The number of carbonyl (C=O) groups is 2. The van der Waals surface area contributed by atoms with E-state index >= 15 is 0 Å². The Morgan fingerprint density at radius 1 is 1.32 bits per heavy atom. The van der Waals surface area contributed by atoms with Crippen molar-refractivity contribution in [2.75, 3.05) is 0 Å². The molecule has 0 unspecified atom stereocenters. The number of benzene rings is 1. The molecule has 102 valence electrons. The van der Waals surface area contributed by atoms with Gasteiger partial charge in [0.2, 0.25) is 5.91 Å². The molecule has 1 fully saturated rings. The van der Waals surface area contributed by atoms with Gasteiger partial charge in [-0.2, -0.15) is 0 Å². The standard InChI is InChI=1S/C13H13F2NO3/c14-9-2-1-8(11(15)5-9)7-16(10-3-4-10)12(17)6-13(18)19/h1-2,5,10H,3-4,6-7H2,(H,18,19). The van der Waals surface area contributed by atoms with Crippen LogP contribution in [-0.4, -0.2) is 27.9 Å². The van der Waals surface area contributed by atoms with Crippen molar-refractivity contribution in [3.63, 3.8) is 0 Å². The first-order chi connectivity index (χ1) is 8.97. The normalized spacial score (nSPS) is 14.2. The molecular weight excluding hydrogens is 256 g/mol. The van der Waals surface area contributed by atoms with Crippen LogP contribution < -0.4 is 0 Å². The summed E-state index contributed by atoms with van der Waals surface area (Å²) in [5.41, 5.74) is 0.187. The zero-order valence-corrected chi connectivity index (χ0v) is 10.1. The minimum atomic E-state index is -1.21. The molecule has 0 atom stereocenters. The fourth-order valence-electron chi connectivity index (χ4n) is 1.87. The van der Waals surface area contributed by atoms with Crippen molar-refractivity contribution >= 4 is 11.9 Å². The maximum atomic E-state index is 13.5. The van der Waals surface area contributed by atoms with E-state index in [0.717, 1.165) is 25.0 Å². The zero-order chi connectivity index (χ0) is 14.0. The summed E-state index contributed by atoms with van der Waals surface area (Å²) >= 11 is 0. The molecule has 0 saturated heterocycles. The maximum absolute atomic E-state index is 13.5. The van der Waals surface area contributed by atoms with E-state index in [0.29, 0.717) is 0 Å². The van der Waals surface area contributed by atoms with Gasteiger partial charge in [-0.05, 0) is 18.9 Å². The summed E-state index contributed by atoms with van der Waals surface area (Å²) in [5, 5.41) is 8.62. The molecule has 0 bridgehead atoms. The van der Waals surface area contributed by atoms with Gasteiger partial charge in [0.05, 0.1) is 0 Å². The number of rotatable bonds is 5. The minimum absolute atomic E-state index is 0.0249. The van der Waals surface area contributed by atoms with Gasteiger partial charge in [0.25, 0.3) is 0 Å². The number of aliphatic carboxylic acids is 1. The Balaban J connectivity index is 2.12. The Morgan fingerprint density at radius 3 is 2.53 bits per heavy atom.